The fourth-order valence-corrected chi connectivity index (χ4v) is 2.03. The molecule has 2 heterocycles. The quantitative estimate of drug-likeness (QED) is 0.903. The molecular formula is C13H14FN3O. The highest BCUT2D eigenvalue weighted by Crippen LogP contribution is 2.27. The van der Waals surface area contributed by atoms with Gasteiger partial charge in [-0.05, 0) is 31.1 Å². The van der Waals surface area contributed by atoms with Gasteiger partial charge in [-0.25, -0.2) is 4.39 Å². The molecule has 1 unspecified atom stereocenters. The maximum atomic E-state index is 13.1. The molecule has 1 saturated heterocycles. The Labute approximate surface area is 104 Å². The Morgan fingerprint density at radius 3 is 2.94 bits per heavy atom. The van der Waals surface area contributed by atoms with Crippen molar-refractivity contribution in [1.82, 2.24) is 15.5 Å². The van der Waals surface area contributed by atoms with E-state index in [1.807, 2.05) is 0 Å². The molecule has 2 aromatic rings. The zero-order chi connectivity index (χ0) is 12.5. The Bertz CT molecular complexity index is 551. The van der Waals surface area contributed by atoms with Crippen LogP contribution in [-0.2, 0) is 0 Å². The van der Waals surface area contributed by atoms with Crippen molar-refractivity contribution in [2.45, 2.75) is 12.8 Å². The largest absolute Gasteiger partial charge is 0.339 e. The summed E-state index contributed by atoms with van der Waals surface area (Å²) in [4.78, 5) is 4.35. The maximum absolute atomic E-state index is 13.1. The molecule has 3 rings (SSSR count). The zero-order valence-electron chi connectivity index (χ0n) is 10.1. The van der Waals surface area contributed by atoms with Crippen LogP contribution in [0.15, 0.2) is 28.8 Å². The van der Waals surface area contributed by atoms with Crippen molar-refractivity contribution in [3.8, 4) is 11.4 Å². The number of halogens is 1. The van der Waals surface area contributed by atoms with Crippen molar-refractivity contribution in [2.24, 2.45) is 5.92 Å². The van der Waals surface area contributed by atoms with Gasteiger partial charge in [0.1, 0.15) is 5.82 Å². The molecule has 1 aromatic carbocycles. The highest BCUT2D eigenvalue weighted by atomic mass is 19.1. The normalized spacial score (nSPS) is 17.4. The van der Waals surface area contributed by atoms with E-state index in [0.717, 1.165) is 13.1 Å². The summed E-state index contributed by atoms with van der Waals surface area (Å²) in [6.45, 7) is 4.05. The van der Waals surface area contributed by atoms with Gasteiger partial charge in [0, 0.05) is 11.5 Å². The van der Waals surface area contributed by atoms with Crippen LogP contribution >= 0.6 is 0 Å². The van der Waals surface area contributed by atoms with Crippen LogP contribution in [0.2, 0.25) is 0 Å². The summed E-state index contributed by atoms with van der Waals surface area (Å²) in [7, 11) is 0. The lowest BCUT2D eigenvalue weighted by Gasteiger charge is -2.30. The topological polar surface area (TPSA) is 51.0 Å². The Balaban J connectivity index is 1.84. The number of hydrogen-bond acceptors (Lipinski definition) is 4. The molecule has 1 atom stereocenters. The van der Waals surface area contributed by atoms with E-state index in [4.69, 9.17) is 4.52 Å². The molecule has 0 radical (unpaired) electrons. The molecule has 1 fully saturated rings. The zero-order valence-corrected chi connectivity index (χ0v) is 10.1. The van der Waals surface area contributed by atoms with Gasteiger partial charge < -0.3 is 9.84 Å². The van der Waals surface area contributed by atoms with Gasteiger partial charge in [0.15, 0.2) is 0 Å². The van der Waals surface area contributed by atoms with E-state index in [0.29, 0.717) is 23.2 Å². The van der Waals surface area contributed by atoms with Gasteiger partial charge in [0.25, 0.3) is 0 Å². The predicted octanol–water partition coefficient (Wildman–Crippen LogP) is 2.20. The van der Waals surface area contributed by atoms with Crippen LogP contribution in [0.1, 0.15) is 18.7 Å². The van der Waals surface area contributed by atoms with E-state index >= 15 is 0 Å². The van der Waals surface area contributed by atoms with Crippen molar-refractivity contribution >= 4 is 0 Å². The third kappa shape index (κ3) is 2.01. The van der Waals surface area contributed by atoms with Gasteiger partial charge in [-0.1, -0.05) is 24.2 Å². The van der Waals surface area contributed by atoms with Crippen molar-refractivity contribution in [1.29, 1.82) is 0 Å². The SMILES string of the molecule is CC(c1nc(-c2cccc(F)c2)no1)C1CNC1. The fourth-order valence-electron chi connectivity index (χ4n) is 2.03. The summed E-state index contributed by atoms with van der Waals surface area (Å²) in [5.41, 5.74) is 0.643. The second-order valence-electron chi connectivity index (χ2n) is 4.67. The van der Waals surface area contributed by atoms with Crippen LogP contribution in [0.3, 0.4) is 0 Å². The van der Waals surface area contributed by atoms with Gasteiger partial charge in [-0.3, -0.25) is 0 Å². The van der Waals surface area contributed by atoms with Crippen molar-refractivity contribution in [2.75, 3.05) is 13.1 Å². The summed E-state index contributed by atoms with van der Waals surface area (Å²) in [5.74, 6) is 1.56. The minimum absolute atomic E-state index is 0.237. The molecule has 0 saturated carbocycles. The highest BCUT2D eigenvalue weighted by molar-refractivity contribution is 5.53. The van der Waals surface area contributed by atoms with E-state index in [1.54, 1.807) is 12.1 Å². The lowest BCUT2D eigenvalue weighted by molar-refractivity contribution is 0.252. The van der Waals surface area contributed by atoms with Crippen molar-refractivity contribution < 1.29 is 8.91 Å². The van der Waals surface area contributed by atoms with Crippen LogP contribution in [-0.4, -0.2) is 23.2 Å². The second kappa shape index (κ2) is 4.49. The molecule has 0 aliphatic carbocycles. The van der Waals surface area contributed by atoms with Gasteiger partial charge in [-0.2, -0.15) is 4.98 Å². The van der Waals surface area contributed by atoms with E-state index in [2.05, 4.69) is 22.4 Å². The first kappa shape index (κ1) is 11.3. The number of rotatable bonds is 3. The Morgan fingerprint density at radius 1 is 1.44 bits per heavy atom. The summed E-state index contributed by atoms with van der Waals surface area (Å²) >= 11 is 0. The Morgan fingerprint density at radius 2 is 2.28 bits per heavy atom. The predicted molar refractivity (Wildman–Crippen MR) is 64.5 cm³/mol. The fraction of sp³-hybridized carbons (Fsp3) is 0.385. The van der Waals surface area contributed by atoms with Crippen molar-refractivity contribution in [3.63, 3.8) is 0 Å². The summed E-state index contributed by atoms with van der Waals surface area (Å²) in [6.07, 6.45) is 0. The first-order valence-corrected chi connectivity index (χ1v) is 6.04. The van der Waals surface area contributed by atoms with E-state index in [-0.39, 0.29) is 11.7 Å². The van der Waals surface area contributed by atoms with Gasteiger partial charge in [-0.15, -0.1) is 0 Å². The molecule has 18 heavy (non-hydrogen) atoms. The Hall–Kier alpha value is -1.75. The maximum Gasteiger partial charge on any atom is 0.230 e. The molecule has 0 spiro atoms. The van der Waals surface area contributed by atoms with Gasteiger partial charge >= 0.3 is 0 Å². The summed E-state index contributed by atoms with van der Waals surface area (Å²) in [6, 6.07) is 6.21. The lowest BCUT2D eigenvalue weighted by Crippen LogP contribution is -2.44. The van der Waals surface area contributed by atoms with Crippen molar-refractivity contribution in [3.05, 3.63) is 36.0 Å². The average Bonchev–Trinajstić information content (AvgIpc) is 2.75. The van der Waals surface area contributed by atoms with Crippen LogP contribution in [0.25, 0.3) is 11.4 Å². The smallest absolute Gasteiger partial charge is 0.230 e. The van der Waals surface area contributed by atoms with E-state index < -0.39 is 0 Å². The minimum Gasteiger partial charge on any atom is -0.339 e. The molecule has 1 N–H and O–H groups in total. The minimum atomic E-state index is -0.296. The summed E-state index contributed by atoms with van der Waals surface area (Å²) < 4.78 is 18.4. The third-order valence-corrected chi connectivity index (χ3v) is 3.43. The molecule has 0 amide bonds. The number of nitrogens with one attached hydrogen (secondary N) is 1. The van der Waals surface area contributed by atoms with Gasteiger partial charge in [0.05, 0.1) is 0 Å². The van der Waals surface area contributed by atoms with Crippen LogP contribution in [0.5, 0.6) is 0 Å². The number of nitrogens with zero attached hydrogens (tertiary/aromatic N) is 2. The number of hydrogen-bond donors (Lipinski definition) is 1. The molecule has 0 bridgehead atoms. The lowest BCUT2D eigenvalue weighted by atomic mass is 9.89. The number of aromatic nitrogens is 2. The van der Waals surface area contributed by atoms with E-state index in [1.165, 1.54) is 12.1 Å². The van der Waals surface area contributed by atoms with E-state index in [9.17, 15) is 4.39 Å². The molecule has 4 nitrogen and oxygen atoms in total. The first-order valence-electron chi connectivity index (χ1n) is 6.04. The average molecular weight is 247 g/mol. The molecule has 5 heteroatoms. The summed E-state index contributed by atoms with van der Waals surface area (Å²) in [5, 5.41) is 7.13. The Kier molecular flexibility index (Phi) is 2.83. The first-order chi connectivity index (χ1) is 8.74. The standard InChI is InChI=1S/C13H14FN3O/c1-8(10-6-15-7-10)13-16-12(17-18-13)9-3-2-4-11(14)5-9/h2-5,8,10,15H,6-7H2,1H3. The monoisotopic (exact) mass is 247 g/mol. The highest BCUT2D eigenvalue weighted by Gasteiger charge is 2.28. The number of benzene rings is 1. The third-order valence-electron chi connectivity index (χ3n) is 3.43. The molecule has 1 aromatic heterocycles. The molecule has 94 valence electrons. The van der Waals surface area contributed by atoms with Crippen LogP contribution in [0, 0.1) is 11.7 Å². The molecular weight excluding hydrogens is 233 g/mol. The molecule has 1 aliphatic heterocycles. The van der Waals surface area contributed by atoms with Crippen LogP contribution in [0.4, 0.5) is 4.39 Å². The van der Waals surface area contributed by atoms with Crippen LogP contribution < -0.4 is 5.32 Å². The molecule has 1 aliphatic rings. The second-order valence-corrected chi connectivity index (χ2v) is 4.67. The van der Waals surface area contributed by atoms with Gasteiger partial charge in [0.2, 0.25) is 11.7 Å².